The topological polar surface area (TPSA) is 54.3 Å². The molecule has 2 aromatic heterocycles. The predicted molar refractivity (Wildman–Crippen MR) is 99.4 cm³/mol. The van der Waals surface area contributed by atoms with Crippen LogP contribution in [0.2, 0.25) is 0 Å². The molecule has 1 saturated heterocycles. The zero-order chi connectivity index (χ0) is 17.8. The second-order valence-electron chi connectivity index (χ2n) is 6.96. The van der Waals surface area contributed by atoms with E-state index < -0.39 is 0 Å². The SMILES string of the molecule is CN(C[C@@H]1CCCN(C)[C@H]1c1ccnn1C)C(=O)CCc1cscn1. The van der Waals surface area contributed by atoms with Crippen molar-refractivity contribution in [3.8, 4) is 0 Å². The Balaban J connectivity index is 1.62. The lowest BCUT2D eigenvalue weighted by molar-refractivity contribution is -0.131. The first-order chi connectivity index (χ1) is 12.1. The molecule has 2 atom stereocenters. The minimum atomic E-state index is 0.199. The van der Waals surface area contributed by atoms with Gasteiger partial charge in [0.25, 0.3) is 0 Å². The minimum Gasteiger partial charge on any atom is -0.345 e. The fraction of sp³-hybridized carbons (Fsp3) is 0.611. The van der Waals surface area contributed by atoms with Crippen molar-refractivity contribution in [2.45, 2.75) is 31.7 Å². The summed E-state index contributed by atoms with van der Waals surface area (Å²) in [4.78, 5) is 21.1. The molecule has 0 bridgehead atoms. The van der Waals surface area contributed by atoms with Gasteiger partial charge in [0, 0.05) is 38.6 Å². The predicted octanol–water partition coefficient (Wildman–Crippen LogP) is 2.35. The summed E-state index contributed by atoms with van der Waals surface area (Å²) in [6, 6.07) is 2.42. The van der Waals surface area contributed by atoms with Crippen molar-refractivity contribution >= 4 is 17.2 Å². The number of aryl methyl sites for hydroxylation is 2. The van der Waals surface area contributed by atoms with Gasteiger partial charge in [0.1, 0.15) is 0 Å². The van der Waals surface area contributed by atoms with Gasteiger partial charge in [0.2, 0.25) is 5.91 Å². The van der Waals surface area contributed by atoms with Crippen molar-refractivity contribution in [2.24, 2.45) is 13.0 Å². The molecular weight excluding hydrogens is 334 g/mol. The highest BCUT2D eigenvalue weighted by atomic mass is 32.1. The number of hydrogen-bond acceptors (Lipinski definition) is 5. The maximum atomic E-state index is 12.5. The highest BCUT2D eigenvalue weighted by Crippen LogP contribution is 2.35. The normalized spacial score (nSPS) is 21.4. The van der Waals surface area contributed by atoms with Gasteiger partial charge in [-0.25, -0.2) is 4.98 Å². The third-order valence-electron chi connectivity index (χ3n) is 5.18. The number of carbonyl (C=O) groups is 1. The fourth-order valence-electron chi connectivity index (χ4n) is 3.83. The van der Waals surface area contributed by atoms with Crippen molar-refractivity contribution in [3.63, 3.8) is 0 Å². The molecule has 1 fully saturated rings. The minimum absolute atomic E-state index is 0.199. The molecule has 0 aromatic carbocycles. The van der Waals surface area contributed by atoms with Gasteiger partial charge in [-0.3, -0.25) is 14.4 Å². The van der Waals surface area contributed by atoms with Crippen molar-refractivity contribution < 1.29 is 4.79 Å². The van der Waals surface area contributed by atoms with E-state index in [4.69, 9.17) is 0 Å². The van der Waals surface area contributed by atoms with E-state index in [9.17, 15) is 4.79 Å². The third kappa shape index (κ3) is 4.27. The number of rotatable bonds is 6. The number of hydrogen-bond donors (Lipinski definition) is 0. The fourth-order valence-corrected chi connectivity index (χ4v) is 4.43. The van der Waals surface area contributed by atoms with Crippen LogP contribution in [0.5, 0.6) is 0 Å². The standard InChI is InChI=1S/C18H27N5OS/c1-21-10-4-5-14(18(21)16-8-9-20-23(16)3)11-22(2)17(24)7-6-15-12-25-13-19-15/h8-9,12-14,18H,4-7,10-11H2,1-3H3/t14-,18+/m0/s1. The highest BCUT2D eigenvalue weighted by Gasteiger charge is 2.33. The van der Waals surface area contributed by atoms with Crippen LogP contribution < -0.4 is 0 Å². The van der Waals surface area contributed by atoms with E-state index in [0.717, 1.165) is 31.6 Å². The second kappa shape index (κ2) is 8.10. The van der Waals surface area contributed by atoms with Gasteiger partial charge in [-0.05, 0) is 44.8 Å². The van der Waals surface area contributed by atoms with Gasteiger partial charge in [-0.15, -0.1) is 11.3 Å². The molecule has 3 heterocycles. The summed E-state index contributed by atoms with van der Waals surface area (Å²) >= 11 is 1.58. The van der Waals surface area contributed by atoms with Gasteiger partial charge in [-0.2, -0.15) is 5.10 Å². The summed E-state index contributed by atoms with van der Waals surface area (Å²) in [5, 5.41) is 6.35. The zero-order valence-corrected chi connectivity index (χ0v) is 16.1. The van der Waals surface area contributed by atoms with Crippen molar-refractivity contribution in [3.05, 3.63) is 34.5 Å². The molecule has 3 rings (SSSR count). The van der Waals surface area contributed by atoms with Gasteiger partial charge in [-0.1, -0.05) is 0 Å². The van der Waals surface area contributed by atoms with Crippen LogP contribution in [0.25, 0.3) is 0 Å². The Morgan fingerprint density at radius 3 is 2.96 bits per heavy atom. The van der Waals surface area contributed by atoms with E-state index in [1.165, 1.54) is 12.1 Å². The van der Waals surface area contributed by atoms with Crippen LogP contribution >= 0.6 is 11.3 Å². The summed E-state index contributed by atoms with van der Waals surface area (Å²) < 4.78 is 1.96. The summed E-state index contributed by atoms with van der Waals surface area (Å²) in [5.41, 5.74) is 4.06. The Kier molecular flexibility index (Phi) is 5.86. The number of carbonyl (C=O) groups excluding carboxylic acids is 1. The quantitative estimate of drug-likeness (QED) is 0.792. The van der Waals surface area contributed by atoms with E-state index in [1.54, 1.807) is 11.3 Å². The van der Waals surface area contributed by atoms with Gasteiger partial charge < -0.3 is 4.90 Å². The van der Waals surface area contributed by atoms with Crippen LogP contribution in [0.1, 0.15) is 36.7 Å². The van der Waals surface area contributed by atoms with E-state index in [0.29, 0.717) is 18.4 Å². The van der Waals surface area contributed by atoms with E-state index in [2.05, 4.69) is 28.1 Å². The van der Waals surface area contributed by atoms with E-state index in [1.807, 2.05) is 40.8 Å². The first-order valence-corrected chi connectivity index (χ1v) is 9.79. The lowest BCUT2D eigenvalue weighted by Crippen LogP contribution is -2.43. The van der Waals surface area contributed by atoms with Crippen LogP contribution in [0.4, 0.5) is 0 Å². The van der Waals surface area contributed by atoms with Crippen molar-refractivity contribution in [1.82, 2.24) is 24.6 Å². The smallest absolute Gasteiger partial charge is 0.222 e. The molecule has 1 aliphatic rings. The number of nitrogens with zero attached hydrogens (tertiary/aromatic N) is 5. The van der Waals surface area contributed by atoms with Gasteiger partial charge in [0.05, 0.1) is 22.9 Å². The molecule has 1 aliphatic heterocycles. The largest absolute Gasteiger partial charge is 0.345 e. The first-order valence-electron chi connectivity index (χ1n) is 8.85. The average molecular weight is 362 g/mol. The maximum Gasteiger partial charge on any atom is 0.222 e. The monoisotopic (exact) mass is 361 g/mol. The molecule has 0 aliphatic carbocycles. The maximum absolute atomic E-state index is 12.5. The van der Waals surface area contributed by atoms with Crippen molar-refractivity contribution in [2.75, 3.05) is 27.2 Å². The number of aromatic nitrogens is 3. The van der Waals surface area contributed by atoms with Crippen LogP contribution in [-0.2, 0) is 18.3 Å². The van der Waals surface area contributed by atoms with Gasteiger partial charge >= 0.3 is 0 Å². The third-order valence-corrected chi connectivity index (χ3v) is 5.82. The molecule has 7 heteroatoms. The first kappa shape index (κ1) is 18.1. The van der Waals surface area contributed by atoms with Crippen LogP contribution in [0.15, 0.2) is 23.2 Å². The summed E-state index contributed by atoms with van der Waals surface area (Å²) in [6.45, 7) is 1.88. The Labute approximate surface area is 153 Å². The molecule has 0 unspecified atom stereocenters. The molecule has 0 spiro atoms. The Bertz CT molecular complexity index is 683. The molecule has 1 amide bonds. The Morgan fingerprint density at radius 1 is 1.44 bits per heavy atom. The van der Waals surface area contributed by atoms with Crippen molar-refractivity contribution in [1.29, 1.82) is 0 Å². The van der Waals surface area contributed by atoms with Gasteiger partial charge in [0.15, 0.2) is 0 Å². The molecule has 136 valence electrons. The molecule has 6 nitrogen and oxygen atoms in total. The number of piperidine rings is 1. The second-order valence-corrected chi connectivity index (χ2v) is 7.68. The van der Waals surface area contributed by atoms with Crippen LogP contribution in [-0.4, -0.2) is 57.7 Å². The molecular formula is C18H27N5OS. The average Bonchev–Trinajstić information content (AvgIpc) is 3.24. The number of likely N-dealkylation sites (tertiary alicyclic amines) is 1. The Hall–Kier alpha value is -1.73. The lowest BCUT2D eigenvalue weighted by atomic mass is 9.87. The summed E-state index contributed by atoms with van der Waals surface area (Å²) in [6.07, 6.45) is 5.43. The zero-order valence-electron chi connectivity index (χ0n) is 15.3. The molecule has 0 radical (unpaired) electrons. The van der Waals surface area contributed by atoms with E-state index in [-0.39, 0.29) is 5.91 Å². The molecule has 2 aromatic rings. The summed E-state index contributed by atoms with van der Waals surface area (Å²) in [7, 11) is 6.10. The molecule has 25 heavy (non-hydrogen) atoms. The van der Waals surface area contributed by atoms with E-state index >= 15 is 0 Å². The number of thiazole rings is 1. The van der Waals surface area contributed by atoms with Crippen LogP contribution in [0, 0.1) is 5.92 Å². The highest BCUT2D eigenvalue weighted by molar-refractivity contribution is 7.07. The number of amides is 1. The molecule has 0 saturated carbocycles. The summed E-state index contributed by atoms with van der Waals surface area (Å²) in [5.74, 6) is 0.632. The Morgan fingerprint density at radius 2 is 2.28 bits per heavy atom. The molecule has 0 N–H and O–H groups in total. The lowest BCUT2D eigenvalue weighted by Gasteiger charge is -2.40. The van der Waals surface area contributed by atoms with Crippen LogP contribution in [0.3, 0.4) is 0 Å².